The highest BCUT2D eigenvalue weighted by Crippen LogP contribution is 2.20. The zero-order valence-electron chi connectivity index (χ0n) is 11.3. The maximum atomic E-state index is 13.0. The fourth-order valence-electron chi connectivity index (χ4n) is 2.14. The topological polar surface area (TPSA) is 66.8 Å². The number of rotatable bonds is 5. The number of amides is 1. The van der Waals surface area contributed by atoms with Crippen LogP contribution in [-0.4, -0.2) is 52.6 Å². The predicted molar refractivity (Wildman–Crippen MR) is 77.0 cm³/mol. The smallest absolute Gasteiger partial charge is 0.305 e. The van der Waals surface area contributed by atoms with Gasteiger partial charge in [0.05, 0.1) is 12.5 Å². The molecule has 5 nitrogen and oxygen atoms in total. The van der Waals surface area contributed by atoms with Crippen LogP contribution < -0.4 is 4.74 Å². The van der Waals surface area contributed by atoms with Crippen molar-refractivity contribution in [2.24, 2.45) is 0 Å². The number of nitrogens with zero attached hydrogens (tertiary/aromatic N) is 1. The Kier molecular flexibility index (Phi) is 5.44. The third-order valence-corrected chi connectivity index (χ3v) is 4.21. The lowest BCUT2D eigenvalue weighted by Gasteiger charge is -2.34. The molecule has 2 rings (SSSR count). The Morgan fingerprint density at radius 2 is 2.29 bits per heavy atom. The van der Waals surface area contributed by atoms with E-state index < -0.39 is 11.8 Å². The van der Waals surface area contributed by atoms with Crippen molar-refractivity contribution in [1.29, 1.82) is 0 Å². The Morgan fingerprint density at radius 1 is 1.48 bits per heavy atom. The van der Waals surface area contributed by atoms with Crippen LogP contribution in [0.3, 0.4) is 0 Å². The van der Waals surface area contributed by atoms with Gasteiger partial charge in [-0.2, -0.15) is 11.8 Å². The van der Waals surface area contributed by atoms with Crippen LogP contribution in [0.5, 0.6) is 5.75 Å². The third kappa shape index (κ3) is 4.63. The number of ether oxygens (including phenoxy) is 1. The summed E-state index contributed by atoms with van der Waals surface area (Å²) in [6.07, 6.45) is -0.0707. The quantitative estimate of drug-likeness (QED) is 0.895. The Balaban J connectivity index is 1.92. The van der Waals surface area contributed by atoms with Gasteiger partial charge >= 0.3 is 5.97 Å². The lowest BCUT2D eigenvalue weighted by Crippen LogP contribution is -2.48. The molecule has 0 aliphatic carbocycles. The second kappa shape index (κ2) is 7.31. The minimum absolute atomic E-state index is 0.0707. The number of carboxylic acid groups (broad SMARTS) is 1. The number of carbonyl (C=O) groups excluding carboxylic acids is 1. The lowest BCUT2D eigenvalue weighted by molar-refractivity contribution is -0.141. The first kappa shape index (κ1) is 15.6. The molecule has 1 heterocycles. The molecule has 21 heavy (non-hydrogen) atoms. The first-order valence-electron chi connectivity index (χ1n) is 6.53. The second-order valence-electron chi connectivity index (χ2n) is 4.66. The summed E-state index contributed by atoms with van der Waals surface area (Å²) in [5.74, 6) is 0.0413. The molecular weight excluding hydrogens is 297 g/mol. The molecule has 1 fully saturated rings. The molecule has 114 valence electrons. The van der Waals surface area contributed by atoms with Crippen LogP contribution in [0.4, 0.5) is 4.39 Å². The van der Waals surface area contributed by atoms with Crippen molar-refractivity contribution < 1.29 is 23.8 Å². The first-order chi connectivity index (χ1) is 10.1. The van der Waals surface area contributed by atoms with Gasteiger partial charge in [0.2, 0.25) is 0 Å². The number of hydrogen-bond acceptors (Lipinski definition) is 4. The van der Waals surface area contributed by atoms with Crippen molar-refractivity contribution in [3.05, 3.63) is 30.1 Å². The van der Waals surface area contributed by atoms with E-state index in [4.69, 9.17) is 9.84 Å². The van der Waals surface area contributed by atoms with Gasteiger partial charge in [-0.15, -0.1) is 0 Å². The van der Waals surface area contributed by atoms with Crippen LogP contribution in [0.2, 0.25) is 0 Å². The highest BCUT2D eigenvalue weighted by atomic mass is 32.2. The molecule has 1 aliphatic heterocycles. The molecule has 1 N–H and O–H groups in total. The second-order valence-corrected chi connectivity index (χ2v) is 5.81. The molecule has 1 aromatic rings. The van der Waals surface area contributed by atoms with E-state index in [0.29, 0.717) is 12.3 Å². The van der Waals surface area contributed by atoms with Crippen LogP contribution in [0.1, 0.15) is 6.42 Å². The largest absolute Gasteiger partial charge is 0.484 e. The molecule has 0 aromatic heterocycles. The summed E-state index contributed by atoms with van der Waals surface area (Å²) in [5.41, 5.74) is 0. The van der Waals surface area contributed by atoms with Gasteiger partial charge in [-0.05, 0) is 12.1 Å². The van der Waals surface area contributed by atoms with Crippen LogP contribution in [0, 0.1) is 5.82 Å². The minimum Gasteiger partial charge on any atom is -0.484 e. The normalized spacial score (nSPS) is 18.3. The number of hydrogen-bond donors (Lipinski definition) is 1. The summed E-state index contributed by atoms with van der Waals surface area (Å²) in [7, 11) is 0. The van der Waals surface area contributed by atoms with Gasteiger partial charge in [0.15, 0.2) is 6.61 Å². The fraction of sp³-hybridized carbons (Fsp3) is 0.429. The molecule has 1 atom stereocenters. The monoisotopic (exact) mass is 313 g/mol. The fourth-order valence-corrected chi connectivity index (χ4v) is 3.20. The van der Waals surface area contributed by atoms with E-state index in [0.717, 1.165) is 5.75 Å². The van der Waals surface area contributed by atoms with E-state index in [1.807, 2.05) is 0 Å². The van der Waals surface area contributed by atoms with Gasteiger partial charge in [-0.1, -0.05) is 6.07 Å². The van der Waals surface area contributed by atoms with Crippen LogP contribution in [-0.2, 0) is 9.59 Å². The summed E-state index contributed by atoms with van der Waals surface area (Å²) >= 11 is 1.63. The van der Waals surface area contributed by atoms with Crippen molar-refractivity contribution in [3.8, 4) is 5.75 Å². The van der Waals surface area contributed by atoms with Crippen molar-refractivity contribution >= 4 is 23.6 Å². The van der Waals surface area contributed by atoms with Gasteiger partial charge in [0.1, 0.15) is 11.6 Å². The van der Waals surface area contributed by atoms with Gasteiger partial charge in [-0.25, -0.2) is 4.39 Å². The molecule has 1 aromatic carbocycles. The molecule has 1 aliphatic rings. The highest BCUT2D eigenvalue weighted by molar-refractivity contribution is 7.99. The molecule has 0 saturated carbocycles. The van der Waals surface area contributed by atoms with Crippen molar-refractivity contribution in [1.82, 2.24) is 4.90 Å². The van der Waals surface area contributed by atoms with Crippen LogP contribution >= 0.6 is 11.8 Å². The van der Waals surface area contributed by atoms with Crippen LogP contribution in [0.15, 0.2) is 24.3 Å². The first-order valence-corrected chi connectivity index (χ1v) is 7.69. The SMILES string of the molecule is O=C(O)CC1CSCCN1C(=O)COc1cccc(F)c1. The molecule has 0 spiro atoms. The van der Waals surface area contributed by atoms with Gasteiger partial charge in [-0.3, -0.25) is 9.59 Å². The molecule has 0 radical (unpaired) electrons. The van der Waals surface area contributed by atoms with E-state index in [9.17, 15) is 14.0 Å². The number of aliphatic carboxylic acids is 1. The van der Waals surface area contributed by atoms with Gasteiger partial charge in [0.25, 0.3) is 5.91 Å². The average Bonchev–Trinajstić information content (AvgIpc) is 2.45. The Morgan fingerprint density at radius 3 is 3.00 bits per heavy atom. The standard InChI is InChI=1S/C14H16FNO4S/c15-10-2-1-3-12(6-10)20-8-13(17)16-4-5-21-9-11(16)7-14(18)19/h1-3,6,11H,4-5,7-9H2,(H,18,19). The zero-order chi connectivity index (χ0) is 15.2. The predicted octanol–water partition coefficient (Wildman–Crippen LogP) is 1.62. The molecule has 0 bridgehead atoms. The van der Waals surface area contributed by atoms with Gasteiger partial charge < -0.3 is 14.7 Å². The third-order valence-electron chi connectivity index (χ3n) is 3.12. The summed E-state index contributed by atoms with van der Waals surface area (Å²) in [4.78, 5) is 24.5. The van der Waals surface area contributed by atoms with Gasteiger partial charge in [0, 0.05) is 24.1 Å². The van der Waals surface area contributed by atoms with E-state index in [2.05, 4.69) is 0 Å². The number of halogens is 1. The summed E-state index contributed by atoms with van der Waals surface area (Å²) in [6.45, 7) is 0.290. The molecule has 1 saturated heterocycles. The summed E-state index contributed by atoms with van der Waals surface area (Å²) in [6, 6.07) is 5.25. The van der Waals surface area contributed by atoms with E-state index >= 15 is 0 Å². The number of thioether (sulfide) groups is 1. The minimum atomic E-state index is -0.925. The number of benzene rings is 1. The average molecular weight is 313 g/mol. The highest BCUT2D eigenvalue weighted by Gasteiger charge is 2.28. The van der Waals surface area contributed by atoms with Crippen LogP contribution in [0.25, 0.3) is 0 Å². The van der Waals surface area contributed by atoms with E-state index in [-0.39, 0.29) is 30.7 Å². The Hall–Kier alpha value is -1.76. The zero-order valence-corrected chi connectivity index (χ0v) is 12.1. The number of carboxylic acids is 1. The van der Waals surface area contributed by atoms with Crippen molar-refractivity contribution in [2.45, 2.75) is 12.5 Å². The molecule has 1 amide bonds. The van der Waals surface area contributed by atoms with E-state index in [1.54, 1.807) is 22.7 Å². The number of carbonyl (C=O) groups is 2. The maximum Gasteiger partial charge on any atom is 0.305 e. The Bertz CT molecular complexity index is 525. The lowest BCUT2D eigenvalue weighted by atomic mass is 10.2. The maximum absolute atomic E-state index is 13.0. The Labute approximate surface area is 126 Å². The molecular formula is C14H16FNO4S. The summed E-state index contributed by atoms with van der Waals surface area (Å²) in [5, 5.41) is 8.88. The summed E-state index contributed by atoms with van der Waals surface area (Å²) < 4.78 is 18.3. The van der Waals surface area contributed by atoms with Crippen molar-refractivity contribution in [3.63, 3.8) is 0 Å². The molecule has 7 heteroatoms. The van der Waals surface area contributed by atoms with Crippen molar-refractivity contribution in [2.75, 3.05) is 24.7 Å². The van der Waals surface area contributed by atoms with E-state index in [1.165, 1.54) is 18.2 Å². The molecule has 1 unspecified atom stereocenters.